The summed E-state index contributed by atoms with van der Waals surface area (Å²) in [6, 6.07) is 6.48. The van der Waals surface area contributed by atoms with Crippen molar-refractivity contribution in [1.82, 2.24) is 9.97 Å². The maximum absolute atomic E-state index is 13.4. The number of halogens is 3. The molecule has 5 rings (SSSR count). The number of anilines is 2. The predicted octanol–water partition coefficient (Wildman–Crippen LogP) is 4.28. The Kier molecular flexibility index (Phi) is 7.46. The second kappa shape index (κ2) is 10.8. The van der Waals surface area contributed by atoms with Gasteiger partial charge >= 0.3 is 6.18 Å². The van der Waals surface area contributed by atoms with Crippen LogP contribution in [0.15, 0.2) is 30.3 Å². The lowest BCUT2D eigenvalue weighted by molar-refractivity contribution is -0.137. The Morgan fingerprint density at radius 3 is 2.55 bits per heavy atom. The molecule has 0 saturated carbocycles. The van der Waals surface area contributed by atoms with Gasteiger partial charge in [-0.2, -0.15) is 13.2 Å². The van der Waals surface area contributed by atoms with Gasteiger partial charge in [0.15, 0.2) is 17.6 Å². The molecule has 3 atom stereocenters. The van der Waals surface area contributed by atoms with Crippen molar-refractivity contribution in [2.75, 3.05) is 50.7 Å². The fraction of sp³-hybridized carbons (Fsp3) is 0.462. The summed E-state index contributed by atoms with van der Waals surface area (Å²) in [4.78, 5) is 9.08. The molecular formula is C26H29F3N4O5. The molecule has 9 nitrogen and oxygen atoms in total. The zero-order valence-corrected chi connectivity index (χ0v) is 21.0. The van der Waals surface area contributed by atoms with Crippen LogP contribution in [0.4, 0.5) is 24.7 Å². The van der Waals surface area contributed by atoms with Gasteiger partial charge in [-0.15, -0.1) is 0 Å². The number of nitrogens with zero attached hydrogens (tertiary/aromatic N) is 2. The Morgan fingerprint density at radius 2 is 1.74 bits per heavy atom. The fourth-order valence-electron chi connectivity index (χ4n) is 4.46. The molecule has 3 unspecified atom stereocenters. The number of hydrogen-bond donors (Lipinski definition) is 2. The normalized spacial score (nSPS) is 21.3. The molecule has 2 aliphatic heterocycles. The first-order valence-corrected chi connectivity index (χ1v) is 12.3. The second-order valence-corrected chi connectivity index (χ2v) is 9.25. The van der Waals surface area contributed by atoms with Gasteiger partial charge in [0.2, 0.25) is 0 Å². The quantitative estimate of drug-likeness (QED) is 0.476. The van der Waals surface area contributed by atoms with Crippen molar-refractivity contribution in [3.05, 3.63) is 47.3 Å². The molecule has 1 saturated heterocycles. The summed E-state index contributed by atoms with van der Waals surface area (Å²) >= 11 is 0. The van der Waals surface area contributed by atoms with Crippen LogP contribution in [0.25, 0.3) is 10.9 Å². The van der Waals surface area contributed by atoms with E-state index in [-0.39, 0.29) is 17.9 Å². The molecule has 12 heteroatoms. The number of fused-ring (bicyclic) bond motifs is 3. The molecule has 0 spiro atoms. The van der Waals surface area contributed by atoms with Crippen LogP contribution in [0, 0.1) is 6.92 Å². The molecule has 0 radical (unpaired) electrons. The van der Waals surface area contributed by atoms with Gasteiger partial charge in [-0.05, 0) is 43.7 Å². The number of benzene rings is 2. The van der Waals surface area contributed by atoms with E-state index in [1.54, 1.807) is 26.0 Å². The van der Waals surface area contributed by atoms with E-state index in [0.717, 1.165) is 12.1 Å². The minimum Gasteiger partial charge on any atom is -0.487 e. The number of aryl methyl sites for hydroxylation is 1. The van der Waals surface area contributed by atoms with E-state index in [1.165, 1.54) is 6.07 Å². The van der Waals surface area contributed by atoms with Gasteiger partial charge in [0.05, 0.1) is 50.2 Å². The van der Waals surface area contributed by atoms with Crippen molar-refractivity contribution in [2.24, 2.45) is 0 Å². The maximum atomic E-state index is 13.4. The summed E-state index contributed by atoms with van der Waals surface area (Å²) in [5, 5.41) is 3.85. The van der Waals surface area contributed by atoms with Crippen LogP contribution in [-0.4, -0.2) is 61.8 Å². The number of alkyl halides is 3. The summed E-state index contributed by atoms with van der Waals surface area (Å²) in [7, 11) is 0. The molecule has 204 valence electrons. The predicted molar refractivity (Wildman–Crippen MR) is 133 cm³/mol. The standard InChI is InChI=1S/C26H29F3N4O5/c1-14(16-7-17(26(27,28)29)9-18(30)8-16)31-25-19-10-22-21(11-20(19)32-15(2)33-25)36-5-3-34-4-6-37-23-12-35-13-24(23)38-22/h7-11,14,23-24H,3-6,12-13,30H2,1-2H3,(H,31,32,33). The molecule has 38 heavy (non-hydrogen) atoms. The van der Waals surface area contributed by atoms with Crippen LogP contribution < -0.4 is 20.5 Å². The van der Waals surface area contributed by atoms with Crippen molar-refractivity contribution < 1.29 is 36.9 Å². The molecule has 1 aromatic heterocycles. The first kappa shape index (κ1) is 26.3. The number of hydrogen-bond acceptors (Lipinski definition) is 9. The lowest BCUT2D eigenvalue weighted by Crippen LogP contribution is -2.34. The average Bonchev–Trinajstić information content (AvgIpc) is 3.28. The Bertz CT molecular complexity index is 1310. The van der Waals surface area contributed by atoms with Crippen LogP contribution >= 0.6 is 0 Å². The minimum absolute atomic E-state index is 0.0253. The Labute approximate surface area is 217 Å². The van der Waals surface area contributed by atoms with E-state index in [1.807, 2.05) is 0 Å². The Hall–Kier alpha value is -3.35. The minimum atomic E-state index is -4.51. The smallest absolute Gasteiger partial charge is 0.416 e. The summed E-state index contributed by atoms with van der Waals surface area (Å²) in [5.74, 6) is 1.85. The number of aromatic nitrogens is 2. The van der Waals surface area contributed by atoms with Crippen molar-refractivity contribution >= 4 is 22.4 Å². The zero-order valence-electron chi connectivity index (χ0n) is 21.0. The van der Waals surface area contributed by atoms with E-state index in [2.05, 4.69) is 15.3 Å². The molecule has 2 aromatic carbocycles. The van der Waals surface area contributed by atoms with Gasteiger partial charge in [0, 0.05) is 17.1 Å². The van der Waals surface area contributed by atoms with Gasteiger partial charge in [0.25, 0.3) is 0 Å². The molecule has 0 aliphatic carbocycles. The highest BCUT2D eigenvalue weighted by atomic mass is 19.4. The first-order valence-electron chi connectivity index (χ1n) is 12.3. The third kappa shape index (κ3) is 5.87. The molecule has 1 fully saturated rings. The van der Waals surface area contributed by atoms with Gasteiger partial charge < -0.3 is 34.7 Å². The summed E-state index contributed by atoms with van der Waals surface area (Å²) in [6.45, 7) is 5.76. The number of rotatable bonds is 3. The van der Waals surface area contributed by atoms with Crippen LogP contribution in [0.5, 0.6) is 11.5 Å². The van der Waals surface area contributed by atoms with Gasteiger partial charge in [0.1, 0.15) is 24.4 Å². The summed E-state index contributed by atoms with van der Waals surface area (Å²) in [5.41, 5.74) is 5.95. The Morgan fingerprint density at radius 1 is 0.947 bits per heavy atom. The molecule has 3 aromatic rings. The van der Waals surface area contributed by atoms with Gasteiger partial charge in [-0.25, -0.2) is 9.97 Å². The average molecular weight is 535 g/mol. The van der Waals surface area contributed by atoms with E-state index in [9.17, 15) is 13.2 Å². The highest BCUT2D eigenvalue weighted by Crippen LogP contribution is 2.38. The molecule has 0 amide bonds. The molecule has 0 bridgehead atoms. The summed E-state index contributed by atoms with van der Waals surface area (Å²) in [6.07, 6.45) is -5.13. The highest BCUT2D eigenvalue weighted by molar-refractivity contribution is 5.92. The number of ether oxygens (including phenoxy) is 5. The molecular weight excluding hydrogens is 505 g/mol. The van der Waals surface area contributed by atoms with Gasteiger partial charge in [-0.3, -0.25) is 0 Å². The lowest BCUT2D eigenvalue weighted by Gasteiger charge is -2.23. The maximum Gasteiger partial charge on any atom is 0.416 e. The monoisotopic (exact) mass is 534 g/mol. The summed E-state index contributed by atoms with van der Waals surface area (Å²) < 4.78 is 69.4. The largest absolute Gasteiger partial charge is 0.487 e. The van der Waals surface area contributed by atoms with Crippen LogP contribution in [0.2, 0.25) is 0 Å². The third-order valence-corrected chi connectivity index (χ3v) is 6.33. The lowest BCUT2D eigenvalue weighted by atomic mass is 10.0. The van der Waals surface area contributed by atoms with E-state index in [0.29, 0.717) is 79.2 Å². The fourth-order valence-corrected chi connectivity index (χ4v) is 4.46. The van der Waals surface area contributed by atoms with Crippen LogP contribution in [0.3, 0.4) is 0 Å². The topological polar surface area (TPSA) is 110 Å². The third-order valence-electron chi connectivity index (χ3n) is 6.33. The molecule has 3 N–H and O–H groups in total. The van der Waals surface area contributed by atoms with E-state index >= 15 is 0 Å². The Balaban J connectivity index is 1.51. The van der Waals surface area contributed by atoms with Crippen molar-refractivity contribution in [1.29, 1.82) is 0 Å². The van der Waals surface area contributed by atoms with Gasteiger partial charge in [-0.1, -0.05) is 0 Å². The van der Waals surface area contributed by atoms with E-state index in [4.69, 9.17) is 29.4 Å². The van der Waals surface area contributed by atoms with Crippen molar-refractivity contribution in [3.63, 3.8) is 0 Å². The number of nitrogens with two attached hydrogens (primary N) is 1. The van der Waals surface area contributed by atoms with Crippen LogP contribution in [-0.2, 0) is 20.4 Å². The molecule has 3 heterocycles. The zero-order chi connectivity index (χ0) is 26.9. The first-order chi connectivity index (χ1) is 18.2. The number of nitrogen functional groups attached to an aromatic ring is 1. The van der Waals surface area contributed by atoms with Crippen LogP contribution in [0.1, 0.15) is 29.9 Å². The SMILES string of the molecule is Cc1nc(NC(C)c2cc(N)cc(C(F)(F)F)c2)c2cc3c(cc2n1)OCCOCCOC1COCC1O3. The highest BCUT2D eigenvalue weighted by Gasteiger charge is 2.33. The number of nitrogens with one attached hydrogen (secondary N) is 1. The van der Waals surface area contributed by atoms with Crippen molar-refractivity contribution in [3.8, 4) is 11.5 Å². The second-order valence-electron chi connectivity index (χ2n) is 9.25. The molecule has 2 aliphatic rings. The van der Waals surface area contributed by atoms with E-state index < -0.39 is 17.8 Å². The van der Waals surface area contributed by atoms with Crippen molar-refractivity contribution in [2.45, 2.75) is 38.3 Å².